The van der Waals surface area contributed by atoms with Crippen molar-refractivity contribution in [3.63, 3.8) is 0 Å². The Morgan fingerprint density at radius 1 is 1.06 bits per heavy atom. The number of aromatic nitrogens is 2. The van der Waals surface area contributed by atoms with Crippen molar-refractivity contribution in [1.29, 1.82) is 0 Å². The number of nitrogens with zero attached hydrogens (tertiary/aromatic N) is 3. The fourth-order valence-corrected chi connectivity index (χ4v) is 5.30. The third kappa shape index (κ3) is 3.97. The molecule has 3 heterocycles. The second kappa shape index (κ2) is 8.20. The zero-order valence-electron chi connectivity index (χ0n) is 17.6. The number of amides is 1. The third-order valence-electron chi connectivity index (χ3n) is 6.14. The van der Waals surface area contributed by atoms with Gasteiger partial charge in [-0.05, 0) is 43.5 Å². The standard InChI is InChI=1S/C23H22F3N3O2S/c1-15(30)22(16-6-4-3-5-7-16)10-12-29(13-11-22)21(31)19-9-8-18(32-19)17-14-20(23(24,25)26)27-28(17)2/h3-9,14H,10-13H2,1-2H3. The smallest absolute Gasteiger partial charge is 0.338 e. The molecule has 4 rings (SSSR count). The molecule has 0 N–H and O–H groups in total. The normalized spacial score (nSPS) is 16.2. The highest BCUT2D eigenvalue weighted by molar-refractivity contribution is 7.17. The molecule has 0 aliphatic carbocycles. The predicted molar refractivity (Wildman–Crippen MR) is 115 cm³/mol. The molecule has 3 aromatic rings. The second-order valence-corrected chi connectivity index (χ2v) is 9.08. The summed E-state index contributed by atoms with van der Waals surface area (Å²) in [6, 6.07) is 13.9. The van der Waals surface area contributed by atoms with Gasteiger partial charge in [0.15, 0.2) is 5.69 Å². The summed E-state index contributed by atoms with van der Waals surface area (Å²) in [5.41, 5.74) is -0.287. The van der Waals surface area contributed by atoms with Crippen LogP contribution in [0, 0.1) is 0 Å². The van der Waals surface area contributed by atoms with Gasteiger partial charge in [0.2, 0.25) is 0 Å². The molecule has 2 aromatic heterocycles. The largest absolute Gasteiger partial charge is 0.435 e. The molecular weight excluding hydrogens is 439 g/mol. The van der Waals surface area contributed by atoms with E-state index in [-0.39, 0.29) is 11.7 Å². The van der Waals surface area contributed by atoms with Crippen LogP contribution in [0.2, 0.25) is 0 Å². The van der Waals surface area contributed by atoms with Crippen LogP contribution in [0.15, 0.2) is 48.5 Å². The number of Topliss-reactive ketones (excluding diaryl/α,β-unsaturated/α-hetero) is 1. The Balaban J connectivity index is 1.51. The van der Waals surface area contributed by atoms with Gasteiger partial charge in [-0.25, -0.2) is 0 Å². The number of thiophene rings is 1. The highest BCUT2D eigenvalue weighted by atomic mass is 32.1. The molecule has 0 atom stereocenters. The number of hydrogen-bond donors (Lipinski definition) is 0. The average Bonchev–Trinajstić information content (AvgIpc) is 3.40. The van der Waals surface area contributed by atoms with Crippen LogP contribution in [-0.4, -0.2) is 39.5 Å². The highest BCUT2D eigenvalue weighted by Gasteiger charge is 2.41. The third-order valence-corrected chi connectivity index (χ3v) is 7.24. The first-order valence-corrected chi connectivity index (χ1v) is 11.0. The molecule has 1 aliphatic heterocycles. The van der Waals surface area contributed by atoms with Crippen LogP contribution >= 0.6 is 11.3 Å². The Morgan fingerprint density at radius 3 is 2.28 bits per heavy atom. The van der Waals surface area contributed by atoms with E-state index in [1.54, 1.807) is 24.0 Å². The van der Waals surface area contributed by atoms with Gasteiger partial charge in [-0.3, -0.25) is 14.3 Å². The number of likely N-dealkylation sites (tertiary alicyclic amines) is 1. The van der Waals surface area contributed by atoms with E-state index in [0.717, 1.165) is 23.0 Å². The zero-order valence-corrected chi connectivity index (χ0v) is 18.5. The van der Waals surface area contributed by atoms with Gasteiger partial charge in [0, 0.05) is 20.1 Å². The van der Waals surface area contributed by atoms with E-state index in [2.05, 4.69) is 5.10 Å². The molecule has 1 saturated heterocycles. The molecule has 1 amide bonds. The van der Waals surface area contributed by atoms with Crippen molar-refractivity contribution in [2.24, 2.45) is 7.05 Å². The summed E-state index contributed by atoms with van der Waals surface area (Å²) >= 11 is 1.14. The molecule has 168 valence electrons. The van der Waals surface area contributed by atoms with Gasteiger partial charge in [-0.15, -0.1) is 11.3 Å². The van der Waals surface area contributed by atoms with Crippen LogP contribution in [0.5, 0.6) is 0 Å². The lowest BCUT2D eigenvalue weighted by atomic mass is 9.70. The summed E-state index contributed by atoms with van der Waals surface area (Å²) in [6.45, 7) is 2.47. The zero-order chi connectivity index (χ0) is 23.1. The SMILES string of the molecule is CC(=O)C1(c2ccccc2)CCN(C(=O)c2ccc(-c3cc(C(F)(F)F)nn3C)s2)CC1. The van der Waals surface area contributed by atoms with Gasteiger partial charge in [-0.2, -0.15) is 18.3 Å². The van der Waals surface area contributed by atoms with Gasteiger partial charge in [0.25, 0.3) is 5.91 Å². The maximum atomic E-state index is 13.1. The van der Waals surface area contributed by atoms with Crippen LogP contribution in [0.4, 0.5) is 13.2 Å². The molecule has 1 fully saturated rings. The minimum Gasteiger partial charge on any atom is -0.338 e. The number of rotatable bonds is 4. The maximum absolute atomic E-state index is 13.1. The van der Waals surface area contributed by atoms with Crippen molar-refractivity contribution >= 4 is 23.0 Å². The summed E-state index contributed by atoms with van der Waals surface area (Å²) in [5, 5.41) is 3.53. The number of aryl methyl sites for hydroxylation is 1. The minimum atomic E-state index is -4.53. The topological polar surface area (TPSA) is 55.2 Å². The first kappa shape index (κ1) is 22.3. The first-order valence-electron chi connectivity index (χ1n) is 10.2. The van der Waals surface area contributed by atoms with E-state index < -0.39 is 17.3 Å². The fourth-order valence-electron chi connectivity index (χ4n) is 4.28. The number of hydrogen-bond acceptors (Lipinski definition) is 4. The van der Waals surface area contributed by atoms with Crippen molar-refractivity contribution in [2.45, 2.75) is 31.4 Å². The molecule has 5 nitrogen and oxygen atoms in total. The molecule has 9 heteroatoms. The molecule has 0 spiro atoms. The number of alkyl halides is 3. The number of ketones is 1. The van der Waals surface area contributed by atoms with Crippen LogP contribution in [0.3, 0.4) is 0 Å². The Hall–Kier alpha value is -2.94. The Bertz CT molecular complexity index is 1140. The second-order valence-electron chi connectivity index (χ2n) is 8.00. The number of halogens is 3. The fraction of sp³-hybridized carbons (Fsp3) is 0.348. The summed E-state index contributed by atoms with van der Waals surface area (Å²) < 4.78 is 40.0. The van der Waals surface area contributed by atoms with E-state index >= 15 is 0 Å². The molecule has 0 radical (unpaired) electrons. The molecule has 1 aromatic carbocycles. The Labute approximate surface area is 187 Å². The number of carbonyl (C=O) groups is 2. The molecule has 1 aliphatic rings. The van der Waals surface area contributed by atoms with Crippen molar-refractivity contribution in [3.8, 4) is 10.6 Å². The highest BCUT2D eigenvalue weighted by Crippen LogP contribution is 2.38. The van der Waals surface area contributed by atoms with E-state index in [4.69, 9.17) is 0 Å². The summed E-state index contributed by atoms with van der Waals surface area (Å²) in [7, 11) is 1.45. The van der Waals surface area contributed by atoms with Gasteiger partial charge in [0.1, 0.15) is 5.78 Å². The lowest BCUT2D eigenvalue weighted by Gasteiger charge is -2.40. The average molecular weight is 462 g/mol. The molecule has 0 unspecified atom stereocenters. The van der Waals surface area contributed by atoms with Crippen LogP contribution in [0.1, 0.15) is 40.7 Å². The predicted octanol–water partition coefficient (Wildman–Crippen LogP) is 4.93. The van der Waals surface area contributed by atoms with E-state index in [9.17, 15) is 22.8 Å². The Morgan fingerprint density at radius 2 is 1.72 bits per heavy atom. The molecule has 0 saturated carbocycles. The molecular formula is C23H22F3N3O2S. The van der Waals surface area contributed by atoms with Crippen molar-refractivity contribution in [1.82, 2.24) is 14.7 Å². The van der Waals surface area contributed by atoms with E-state index in [0.29, 0.717) is 41.4 Å². The van der Waals surface area contributed by atoms with Crippen molar-refractivity contribution in [3.05, 3.63) is 64.7 Å². The lowest BCUT2D eigenvalue weighted by molar-refractivity contribution is -0.141. The summed E-state index contributed by atoms with van der Waals surface area (Å²) in [4.78, 5) is 28.3. The van der Waals surface area contributed by atoms with E-state index in [1.807, 2.05) is 30.3 Å². The van der Waals surface area contributed by atoms with Crippen molar-refractivity contribution in [2.75, 3.05) is 13.1 Å². The number of carbonyl (C=O) groups excluding carboxylic acids is 2. The lowest BCUT2D eigenvalue weighted by Crippen LogP contribution is -2.48. The number of benzene rings is 1. The van der Waals surface area contributed by atoms with Crippen LogP contribution in [0.25, 0.3) is 10.6 Å². The maximum Gasteiger partial charge on any atom is 0.435 e. The molecule has 32 heavy (non-hydrogen) atoms. The van der Waals surface area contributed by atoms with Gasteiger partial charge in [-0.1, -0.05) is 30.3 Å². The summed E-state index contributed by atoms with van der Waals surface area (Å²) in [5.74, 6) is -0.0874. The number of piperidine rings is 1. The van der Waals surface area contributed by atoms with Crippen molar-refractivity contribution < 1.29 is 22.8 Å². The van der Waals surface area contributed by atoms with Gasteiger partial charge in [0.05, 0.1) is 20.9 Å². The van der Waals surface area contributed by atoms with E-state index in [1.165, 1.54) is 11.7 Å². The van der Waals surface area contributed by atoms with Crippen LogP contribution in [-0.2, 0) is 23.4 Å². The monoisotopic (exact) mass is 461 g/mol. The van der Waals surface area contributed by atoms with Gasteiger partial charge >= 0.3 is 6.18 Å². The van der Waals surface area contributed by atoms with Crippen LogP contribution < -0.4 is 0 Å². The quantitative estimate of drug-likeness (QED) is 0.554. The summed E-state index contributed by atoms with van der Waals surface area (Å²) in [6.07, 6.45) is -3.46. The first-order chi connectivity index (χ1) is 15.1. The molecule has 0 bridgehead atoms. The Kier molecular flexibility index (Phi) is 5.70. The van der Waals surface area contributed by atoms with Gasteiger partial charge < -0.3 is 4.90 Å². The minimum absolute atomic E-state index is 0.0888.